The Bertz CT molecular complexity index is 390. The van der Waals surface area contributed by atoms with Gasteiger partial charge in [0.2, 0.25) is 0 Å². The van der Waals surface area contributed by atoms with E-state index in [1.165, 1.54) is 6.92 Å². The van der Waals surface area contributed by atoms with Crippen LogP contribution in [0.5, 0.6) is 5.75 Å². The average molecular weight is 280 g/mol. The molecule has 0 aliphatic carbocycles. The molecular weight excluding hydrogens is 256 g/mol. The molecule has 0 aliphatic rings. The van der Waals surface area contributed by atoms with Gasteiger partial charge in [-0.25, -0.2) is 0 Å². The van der Waals surface area contributed by atoms with E-state index in [-0.39, 0.29) is 5.78 Å². The molecular formula is C16H24O4. The molecule has 0 spiro atoms. The summed E-state index contributed by atoms with van der Waals surface area (Å²) in [5.74, 6) is 0.619. The number of ketones is 1. The number of ether oxygens (including phenoxy) is 3. The van der Waals surface area contributed by atoms with Crippen molar-refractivity contribution in [3.63, 3.8) is 0 Å². The van der Waals surface area contributed by atoms with Gasteiger partial charge in [0, 0.05) is 6.61 Å². The molecule has 1 rings (SSSR count). The third kappa shape index (κ3) is 6.68. The summed E-state index contributed by atoms with van der Waals surface area (Å²) < 4.78 is 16.3. The molecule has 0 bridgehead atoms. The zero-order chi connectivity index (χ0) is 14.6. The molecule has 0 radical (unpaired) electrons. The molecule has 1 aromatic carbocycles. The fourth-order valence-electron chi connectivity index (χ4n) is 1.66. The molecule has 0 fully saturated rings. The first-order valence-electron chi connectivity index (χ1n) is 7.14. The first kappa shape index (κ1) is 16.7. The van der Waals surface area contributed by atoms with Gasteiger partial charge in [0.05, 0.1) is 25.4 Å². The van der Waals surface area contributed by atoms with E-state index < -0.39 is 0 Å². The number of carbonyl (C=O) groups is 1. The van der Waals surface area contributed by atoms with Crippen LogP contribution in [0.1, 0.15) is 37.0 Å². The van der Waals surface area contributed by atoms with Crippen LogP contribution in [-0.2, 0) is 9.47 Å². The van der Waals surface area contributed by atoms with Crippen LogP contribution in [0, 0.1) is 0 Å². The van der Waals surface area contributed by atoms with Crippen LogP contribution >= 0.6 is 0 Å². The summed E-state index contributed by atoms with van der Waals surface area (Å²) >= 11 is 0. The molecule has 0 N–H and O–H groups in total. The third-order valence-corrected chi connectivity index (χ3v) is 2.77. The maximum absolute atomic E-state index is 11.4. The molecule has 4 nitrogen and oxygen atoms in total. The van der Waals surface area contributed by atoms with Crippen molar-refractivity contribution in [3.8, 4) is 5.75 Å². The van der Waals surface area contributed by atoms with Crippen molar-refractivity contribution in [2.45, 2.75) is 26.7 Å². The van der Waals surface area contributed by atoms with Gasteiger partial charge in [-0.2, -0.15) is 0 Å². The Kier molecular flexibility index (Phi) is 8.67. The number of carbonyl (C=O) groups excluding carboxylic acids is 1. The van der Waals surface area contributed by atoms with E-state index in [0.717, 1.165) is 19.4 Å². The van der Waals surface area contributed by atoms with Crippen LogP contribution < -0.4 is 4.74 Å². The Labute approximate surface area is 121 Å². The fourth-order valence-corrected chi connectivity index (χ4v) is 1.66. The third-order valence-electron chi connectivity index (χ3n) is 2.77. The predicted molar refractivity (Wildman–Crippen MR) is 78.5 cm³/mol. The number of hydrogen-bond acceptors (Lipinski definition) is 4. The maximum Gasteiger partial charge on any atom is 0.163 e. The molecule has 0 saturated heterocycles. The van der Waals surface area contributed by atoms with Crippen molar-refractivity contribution < 1.29 is 19.0 Å². The normalized spacial score (nSPS) is 10.5. The van der Waals surface area contributed by atoms with Crippen LogP contribution in [0.15, 0.2) is 24.3 Å². The van der Waals surface area contributed by atoms with Crippen LogP contribution in [0.25, 0.3) is 0 Å². The molecule has 112 valence electrons. The highest BCUT2D eigenvalue weighted by Crippen LogP contribution is 2.18. The Hall–Kier alpha value is -1.39. The van der Waals surface area contributed by atoms with Gasteiger partial charge in [0.25, 0.3) is 0 Å². The van der Waals surface area contributed by atoms with Gasteiger partial charge in [0.15, 0.2) is 5.78 Å². The lowest BCUT2D eigenvalue weighted by Crippen LogP contribution is -2.12. The Balaban J connectivity index is 2.11. The van der Waals surface area contributed by atoms with Crippen LogP contribution in [0.2, 0.25) is 0 Å². The van der Waals surface area contributed by atoms with Crippen molar-refractivity contribution in [2.24, 2.45) is 0 Å². The van der Waals surface area contributed by atoms with Gasteiger partial charge in [-0.05, 0) is 25.5 Å². The number of Topliss-reactive ketones (excluding diaryl/α,β-unsaturated/α-hetero) is 1. The molecule has 0 saturated carbocycles. The van der Waals surface area contributed by atoms with E-state index in [9.17, 15) is 4.79 Å². The van der Waals surface area contributed by atoms with E-state index in [0.29, 0.717) is 37.7 Å². The molecule has 0 unspecified atom stereocenters. The highest BCUT2D eigenvalue weighted by atomic mass is 16.5. The maximum atomic E-state index is 11.4. The fraction of sp³-hybridized carbons (Fsp3) is 0.562. The molecule has 4 heteroatoms. The van der Waals surface area contributed by atoms with Crippen LogP contribution in [0.3, 0.4) is 0 Å². The summed E-state index contributed by atoms with van der Waals surface area (Å²) in [5, 5.41) is 0. The lowest BCUT2D eigenvalue weighted by atomic mass is 10.1. The van der Waals surface area contributed by atoms with Gasteiger partial charge in [0.1, 0.15) is 12.4 Å². The van der Waals surface area contributed by atoms with E-state index in [2.05, 4.69) is 6.92 Å². The summed E-state index contributed by atoms with van der Waals surface area (Å²) in [7, 11) is 0. The lowest BCUT2D eigenvalue weighted by molar-refractivity contribution is 0.0355. The Morgan fingerprint density at radius 1 is 1.00 bits per heavy atom. The summed E-state index contributed by atoms with van der Waals surface area (Å²) in [5.41, 5.74) is 0.607. The van der Waals surface area contributed by atoms with Crippen molar-refractivity contribution in [2.75, 3.05) is 33.0 Å². The summed E-state index contributed by atoms with van der Waals surface area (Å²) in [6, 6.07) is 7.24. The summed E-state index contributed by atoms with van der Waals surface area (Å²) in [4.78, 5) is 11.4. The second-order valence-corrected chi connectivity index (χ2v) is 4.48. The Morgan fingerprint density at radius 3 is 2.35 bits per heavy atom. The summed E-state index contributed by atoms with van der Waals surface area (Å²) in [6.45, 7) is 6.57. The highest BCUT2D eigenvalue weighted by Gasteiger charge is 2.06. The number of benzene rings is 1. The van der Waals surface area contributed by atoms with Crippen molar-refractivity contribution in [1.29, 1.82) is 0 Å². The molecule has 0 aromatic heterocycles. The monoisotopic (exact) mass is 280 g/mol. The largest absolute Gasteiger partial charge is 0.490 e. The zero-order valence-corrected chi connectivity index (χ0v) is 12.4. The van der Waals surface area contributed by atoms with Gasteiger partial charge in [-0.1, -0.05) is 25.5 Å². The molecule has 0 amide bonds. The first-order chi connectivity index (χ1) is 9.75. The minimum absolute atomic E-state index is 0.00541. The van der Waals surface area contributed by atoms with E-state index in [4.69, 9.17) is 14.2 Å². The quantitative estimate of drug-likeness (QED) is 0.461. The zero-order valence-electron chi connectivity index (χ0n) is 12.4. The Morgan fingerprint density at radius 2 is 1.65 bits per heavy atom. The average Bonchev–Trinajstić information content (AvgIpc) is 2.46. The number of unbranched alkanes of at least 4 members (excludes halogenated alkanes) is 1. The van der Waals surface area contributed by atoms with Gasteiger partial charge in [-0.15, -0.1) is 0 Å². The smallest absolute Gasteiger partial charge is 0.163 e. The molecule has 0 heterocycles. The predicted octanol–water partition coefficient (Wildman–Crippen LogP) is 3.10. The van der Waals surface area contributed by atoms with Gasteiger partial charge < -0.3 is 14.2 Å². The van der Waals surface area contributed by atoms with Crippen molar-refractivity contribution >= 4 is 5.78 Å². The van der Waals surface area contributed by atoms with Crippen molar-refractivity contribution in [1.82, 2.24) is 0 Å². The summed E-state index contributed by atoms with van der Waals surface area (Å²) in [6.07, 6.45) is 2.23. The van der Waals surface area contributed by atoms with E-state index >= 15 is 0 Å². The highest BCUT2D eigenvalue weighted by molar-refractivity contribution is 5.96. The molecule has 0 aliphatic heterocycles. The van der Waals surface area contributed by atoms with Crippen molar-refractivity contribution in [3.05, 3.63) is 29.8 Å². The topological polar surface area (TPSA) is 44.8 Å². The van der Waals surface area contributed by atoms with Crippen LogP contribution in [-0.4, -0.2) is 38.8 Å². The molecule has 0 atom stereocenters. The lowest BCUT2D eigenvalue weighted by Gasteiger charge is -2.10. The van der Waals surface area contributed by atoms with E-state index in [1.807, 2.05) is 12.1 Å². The SMILES string of the molecule is CCCCOCCOCCOc1ccccc1C(C)=O. The molecule has 1 aromatic rings. The second-order valence-electron chi connectivity index (χ2n) is 4.48. The van der Waals surface area contributed by atoms with E-state index in [1.54, 1.807) is 12.1 Å². The van der Waals surface area contributed by atoms with Gasteiger partial charge in [-0.3, -0.25) is 4.79 Å². The van der Waals surface area contributed by atoms with Crippen LogP contribution in [0.4, 0.5) is 0 Å². The number of rotatable bonds is 11. The first-order valence-corrected chi connectivity index (χ1v) is 7.14. The minimum Gasteiger partial charge on any atom is -0.490 e. The second kappa shape index (κ2) is 10.4. The number of para-hydroxylation sites is 1. The minimum atomic E-state index is 0.00541. The standard InChI is InChI=1S/C16H24O4/c1-3-4-9-18-10-11-19-12-13-20-16-8-6-5-7-15(16)14(2)17/h5-8H,3-4,9-13H2,1-2H3. The van der Waals surface area contributed by atoms with Gasteiger partial charge >= 0.3 is 0 Å². The number of hydrogen-bond donors (Lipinski definition) is 0. The molecule has 20 heavy (non-hydrogen) atoms.